The number of H-pyrrole nitrogens is 1. The molecule has 0 saturated carbocycles. The first kappa shape index (κ1) is 14.7. The van der Waals surface area contributed by atoms with Crippen LogP contribution in [0.5, 0.6) is 0 Å². The molecule has 0 aliphatic carbocycles. The van der Waals surface area contributed by atoms with Gasteiger partial charge in [0, 0.05) is 29.8 Å². The Morgan fingerprint density at radius 3 is 3.00 bits per heavy atom. The van der Waals surface area contributed by atoms with Crippen LogP contribution in [0.3, 0.4) is 0 Å². The molecule has 2 aromatic rings. The summed E-state index contributed by atoms with van der Waals surface area (Å²) in [6.45, 7) is 4.01. The van der Waals surface area contributed by atoms with E-state index in [0.29, 0.717) is 12.1 Å². The fourth-order valence-corrected chi connectivity index (χ4v) is 2.59. The first-order valence-corrected chi connectivity index (χ1v) is 7.54. The normalized spacial score (nSPS) is 12.3. The van der Waals surface area contributed by atoms with Crippen molar-refractivity contribution in [1.82, 2.24) is 15.3 Å². The standard InChI is InChI=1S/C14H19N3O2S/c1-3-11(4-5-18)17-14(19)12-6-10(7-15-12)13-8-20-9(2)16-13/h6-8,11,15,18H,3-5H2,1-2H3,(H,17,19). The van der Waals surface area contributed by atoms with Gasteiger partial charge in [-0.15, -0.1) is 11.3 Å². The lowest BCUT2D eigenvalue weighted by Gasteiger charge is -2.14. The van der Waals surface area contributed by atoms with Gasteiger partial charge in [0.25, 0.3) is 5.91 Å². The zero-order valence-electron chi connectivity index (χ0n) is 11.6. The number of aryl methyl sites for hydroxylation is 1. The maximum Gasteiger partial charge on any atom is 0.267 e. The predicted molar refractivity (Wildman–Crippen MR) is 79.9 cm³/mol. The highest BCUT2D eigenvalue weighted by Gasteiger charge is 2.14. The van der Waals surface area contributed by atoms with Gasteiger partial charge in [-0.2, -0.15) is 0 Å². The lowest BCUT2D eigenvalue weighted by atomic mass is 10.1. The highest BCUT2D eigenvalue weighted by atomic mass is 32.1. The van der Waals surface area contributed by atoms with Crippen LogP contribution in [0.4, 0.5) is 0 Å². The van der Waals surface area contributed by atoms with Crippen molar-refractivity contribution >= 4 is 17.2 Å². The zero-order chi connectivity index (χ0) is 14.5. The second-order valence-electron chi connectivity index (χ2n) is 4.64. The summed E-state index contributed by atoms with van der Waals surface area (Å²) < 4.78 is 0. The summed E-state index contributed by atoms with van der Waals surface area (Å²) in [5.74, 6) is -0.150. The molecule has 0 saturated heterocycles. The Bertz CT molecular complexity index is 576. The SMILES string of the molecule is CCC(CCO)NC(=O)c1cc(-c2csc(C)n2)c[nH]1. The molecule has 0 aliphatic heterocycles. The third-order valence-corrected chi connectivity index (χ3v) is 3.92. The molecular weight excluding hydrogens is 274 g/mol. The van der Waals surface area contributed by atoms with E-state index < -0.39 is 0 Å². The number of aliphatic hydroxyl groups is 1. The number of carbonyl (C=O) groups excluding carboxylic acids is 1. The summed E-state index contributed by atoms with van der Waals surface area (Å²) in [7, 11) is 0. The fourth-order valence-electron chi connectivity index (χ4n) is 1.97. The molecule has 1 unspecified atom stereocenters. The van der Waals surface area contributed by atoms with E-state index >= 15 is 0 Å². The van der Waals surface area contributed by atoms with E-state index in [0.717, 1.165) is 22.7 Å². The summed E-state index contributed by atoms with van der Waals surface area (Å²) in [4.78, 5) is 19.5. The Labute approximate surface area is 122 Å². The number of carbonyl (C=O) groups is 1. The number of hydrogen-bond donors (Lipinski definition) is 3. The number of hydrogen-bond acceptors (Lipinski definition) is 4. The number of rotatable bonds is 6. The van der Waals surface area contributed by atoms with Gasteiger partial charge in [-0.25, -0.2) is 4.98 Å². The lowest BCUT2D eigenvalue weighted by molar-refractivity contribution is 0.0924. The molecule has 0 aliphatic rings. The van der Waals surface area contributed by atoms with Gasteiger partial charge in [-0.1, -0.05) is 6.92 Å². The maximum atomic E-state index is 12.1. The third-order valence-electron chi connectivity index (χ3n) is 3.15. The van der Waals surface area contributed by atoms with E-state index in [4.69, 9.17) is 5.11 Å². The van der Waals surface area contributed by atoms with E-state index in [9.17, 15) is 4.79 Å². The summed E-state index contributed by atoms with van der Waals surface area (Å²) >= 11 is 1.58. The van der Waals surface area contributed by atoms with Crippen LogP contribution < -0.4 is 5.32 Å². The van der Waals surface area contributed by atoms with Crippen LogP contribution in [-0.2, 0) is 0 Å². The molecule has 2 aromatic heterocycles. The molecule has 2 rings (SSSR count). The Morgan fingerprint density at radius 2 is 2.40 bits per heavy atom. The van der Waals surface area contributed by atoms with Crippen molar-refractivity contribution in [1.29, 1.82) is 0 Å². The summed E-state index contributed by atoms with van der Waals surface area (Å²) in [5.41, 5.74) is 2.31. The quantitative estimate of drug-likeness (QED) is 0.765. The van der Waals surface area contributed by atoms with E-state index in [-0.39, 0.29) is 18.6 Å². The average Bonchev–Trinajstić information content (AvgIpc) is 3.06. The first-order chi connectivity index (χ1) is 9.63. The molecule has 0 spiro atoms. The van der Waals surface area contributed by atoms with Gasteiger partial charge in [0.2, 0.25) is 0 Å². The molecule has 1 atom stereocenters. The Kier molecular flexibility index (Phi) is 4.92. The van der Waals surface area contributed by atoms with Crippen molar-refractivity contribution < 1.29 is 9.90 Å². The summed E-state index contributed by atoms with van der Waals surface area (Å²) in [6, 6.07) is 1.80. The minimum absolute atomic E-state index is 0.000710. The molecule has 5 nitrogen and oxygen atoms in total. The van der Waals surface area contributed by atoms with Crippen LogP contribution in [0.1, 0.15) is 35.3 Å². The number of nitrogens with one attached hydrogen (secondary N) is 2. The number of aromatic nitrogens is 2. The molecule has 108 valence electrons. The second-order valence-corrected chi connectivity index (χ2v) is 5.71. The van der Waals surface area contributed by atoms with Crippen LogP contribution >= 0.6 is 11.3 Å². The predicted octanol–water partition coefficient (Wildman–Crippen LogP) is 2.34. The van der Waals surface area contributed by atoms with Crippen LogP contribution in [0, 0.1) is 6.92 Å². The molecule has 0 aromatic carbocycles. The van der Waals surface area contributed by atoms with Gasteiger partial charge in [0.1, 0.15) is 5.69 Å². The number of amides is 1. The van der Waals surface area contributed by atoms with Crippen molar-refractivity contribution in [3.05, 3.63) is 28.3 Å². The van der Waals surface area contributed by atoms with E-state index in [1.54, 1.807) is 23.6 Å². The number of thiazole rings is 1. The van der Waals surface area contributed by atoms with Crippen LogP contribution in [0.25, 0.3) is 11.3 Å². The van der Waals surface area contributed by atoms with Crippen LogP contribution in [-0.4, -0.2) is 33.6 Å². The Morgan fingerprint density at radius 1 is 1.60 bits per heavy atom. The maximum absolute atomic E-state index is 12.1. The lowest BCUT2D eigenvalue weighted by Crippen LogP contribution is -2.35. The molecule has 3 N–H and O–H groups in total. The van der Waals surface area contributed by atoms with Crippen LogP contribution in [0.15, 0.2) is 17.6 Å². The highest BCUT2D eigenvalue weighted by molar-refractivity contribution is 7.09. The fraction of sp³-hybridized carbons (Fsp3) is 0.429. The van der Waals surface area contributed by atoms with Crippen molar-refractivity contribution in [3.8, 4) is 11.3 Å². The average molecular weight is 293 g/mol. The third kappa shape index (κ3) is 3.46. The Balaban J connectivity index is 2.06. The second kappa shape index (κ2) is 6.67. The number of aliphatic hydroxyl groups excluding tert-OH is 1. The highest BCUT2D eigenvalue weighted by Crippen LogP contribution is 2.22. The Hall–Kier alpha value is -1.66. The van der Waals surface area contributed by atoms with Crippen molar-refractivity contribution in [2.75, 3.05) is 6.61 Å². The largest absolute Gasteiger partial charge is 0.396 e. The minimum Gasteiger partial charge on any atom is -0.396 e. The van der Waals surface area contributed by atoms with Gasteiger partial charge in [0.15, 0.2) is 0 Å². The monoisotopic (exact) mass is 293 g/mol. The van der Waals surface area contributed by atoms with Gasteiger partial charge >= 0.3 is 0 Å². The van der Waals surface area contributed by atoms with Crippen molar-refractivity contribution in [2.45, 2.75) is 32.7 Å². The van der Waals surface area contributed by atoms with E-state index in [1.165, 1.54) is 0 Å². The minimum atomic E-state index is -0.150. The summed E-state index contributed by atoms with van der Waals surface area (Å²) in [6.07, 6.45) is 3.16. The smallest absolute Gasteiger partial charge is 0.267 e. The van der Waals surface area contributed by atoms with E-state index in [1.807, 2.05) is 19.2 Å². The topological polar surface area (TPSA) is 78.0 Å². The molecular formula is C14H19N3O2S. The molecule has 6 heteroatoms. The van der Waals surface area contributed by atoms with Crippen LogP contribution in [0.2, 0.25) is 0 Å². The summed E-state index contributed by atoms with van der Waals surface area (Å²) in [5, 5.41) is 14.8. The number of aromatic amines is 1. The molecule has 1 amide bonds. The first-order valence-electron chi connectivity index (χ1n) is 6.66. The van der Waals surface area contributed by atoms with Crippen molar-refractivity contribution in [3.63, 3.8) is 0 Å². The molecule has 20 heavy (non-hydrogen) atoms. The van der Waals surface area contributed by atoms with Gasteiger partial charge in [-0.05, 0) is 25.8 Å². The van der Waals surface area contributed by atoms with Gasteiger partial charge < -0.3 is 15.4 Å². The van der Waals surface area contributed by atoms with Crippen molar-refractivity contribution in [2.24, 2.45) is 0 Å². The van der Waals surface area contributed by atoms with E-state index in [2.05, 4.69) is 15.3 Å². The number of nitrogens with zero attached hydrogens (tertiary/aromatic N) is 1. The van der Waals surface area contributed by atoms with Gasteiger partial charge in [-0.3, -0.25) is 4.79 Å². The molecule has 0 bridgehead atoms. The van der Waals surface area contributed by atoms with Gasteiger partial charge in [0.05, 0.1) is 10.7 Å². The molecule has 0 radical (unpaired) electrons. The molecule has 0 fully saturated rings. The molecule has 2 heterocycles. The zero-order valence-corrected chi connectivity index (χ0v) is 12.5.